The number of carbonyl (C=O) groups is 2. The molecule has 68 heavy (non-hydrogen) atoms. The number of alkyl halides is 1. The van der Waals surface area contributed by atoms with Gasteiger partial charge in [0.25, 0.3) is 0 Å². The summed E-state index contributed by atoms with van der Waals surface area (Å²) in [6, 6.07) is 15.7. The Hall–Kier alpha value is -5.50. The number of nitrogens with zero attached hydrogens (tertiary/aromatic N) is 7. The average Bonchev–Trinajstić information content (AvgIpc) is 4.22. The van der Waals surface area contributed by atoms with E-state index in [1.165, 1.54) is 26.4 Å². The summed E-state index contributed by atoms with van der Waals surface area (Å²) in [7, 11) is 2.55. The number of ether oxygens (including phenoxy) is 6. The number of piperazine rings is 1. The van der Waals surface area contributed by atoms with Crippen molar-refractivity contribution in [2.24, 2.45) is 11.8 Å². The average molecular weight is 981 g/mol. The van der Waals surface area contributed by atoms with Crippen LogP contribution in [0.1, 0.15) is 50.8 Å². The van der Waals surface area contributed by atoms with Gasteiger partial charge < -0.3 is 42.5 Å². The molecule has 0 N–H and O–H groups in total. The number of fused-ring (bicyclic) bond motifs is 3. The number of aromatic nitrogens is 5. The van der Waals surface area contributed by atoms with Crippen LogP contribution in [0.15, 0.2) is 60.7 Å². The largest absolute Gasteiger partial charge is 0.473 e. The number of hydrogen-bond donors (Lipinski definition) is 0. The SMILES string of the molecule is COC(=O)c1cc(F)c2nc(CCl)n(CC3CCOC3)c2c1.COC(=O)c1cc(F)c2nc(CN3CCN(c4cccc(OCc5ccc(Cl)cc5F)n4)[C@H]4COC[C@H]43)n(C[C@H]3CCOC3)c2c1. The third-order valence-electron chi connectivity index (χ3n) is 12.9. The Morgan fingerprint density at radius 2 is 1.34 bits per heavy atom. The van der Waals surface area contributed by atoms with Gasteiger partial charge in [-0.3, -0.25) is 4.90 Å². The van der Waals surface area contributed by atoms with Crippen LogP contribution in [0.3, 0.4) is 0 Å². The fraction of sp³-hybridized carbons (Fsp3) is 0.438. The molecule has 3 aromatic carbocycles. The number of carbonyl (C=O) groups excluding carboxylic acids is 2. The van der Waals surface area contributed by atoms with Gasteiger partial charge in [-0.15, -0.1) is 11.6 Å². The van der Waals surface area contributed by atoms with Crippen molar-refractivity contribution in [2.45, 2.75) is 57.0 Å². The maximum absolute atomic E-state index is 15.3. The second-order valence-corrected chi connectivity index (χ2v) is 17.9. The third kappa shape index (κ3) is 10.1. The van der Waals surface area contributed by atoms with E-state index in [1.54, 1.807) is 30.3 Å². The standard InChI is InChI=1S/C33H34ClF2N5O5.C15H16ClFN2O3/c1-43-33(42)22-11-25(36)32-26(12-22)41(14-20-7-10-44-16-20)30(38-32)15-39-8-9-40(28-19-45-18-27(28)39)29-3-2-4-31(37-29)46-17-21-5-6-23(34)13-24(21)35;1-21-15(20)10-4-11(17)14-12(5-10)19(13(6-16)18-14)7-9-2-3-22-8-9/h2-6,11-13,20,27-28H,7-10,14-19H2,1H3;4-5,9H,2-3,6-8H2,1H3/t20-,27-,28+;/m1./s1. The second kappa shape index (κ2) is 21.0. The molecule has 4 fully saturated rings. The molecule has 20 heteroatoms. The van der Waals surface area contributed by atoms with E-state index in [2.05, 4.69) is 19.5 Å². The van der Waals surface area contributed by atoms with Gasteiger partial charge in [0.05, 0.1) is 87.3 Å². The molecule has 0 bridgehead atoms. The van der Waals surface area contributed by atoms with Crippen molar-refractivity contribution >= 4 is 63.0 Å². The van der Waals surface area contributed by atoms with Gasteiger partial charge in [0.1, 0.15) is 40.9 Å². The summed E-state index contributed by atoms with van der Waals surface area (Å²) in [5, 5.41) is 0.328. The van der Waals surface area contributed by atoms with Crippen molar-refractivity contribution in [3.8, 4) is 5.88 Å². The zero-order chi connectivity index (χ0) is 47.5. The van der Waals surface area contributed by atoms with Crippen LogP contribution in [0, 0.1) is 29.3 Å². The molecule has 0 radical (unpaired) electrons. The normalized spacial score (nSPS) is 20.4. The van der Waals surface area contributed by atoms with Gasteiger partial charge >= 0.3 is 11.9 Å². The monoisotopic (exact) mass is 979 g/mol. The number of hydrogen-bond acceptors (Lipinski definition) is 13. The first-order valence-electron chi connectivity index (χ1n) is 22.4. The molecule has 0 aliphatic carbocycles. The van der Waals surface area contributed by atoms with Gasteiger partial charge in [-0.1, -0.05) is 23.7 Å². The summed E-state index contributed by atoms with van der Waals surface area (Å²) < 4.78 is 80.1. The number of methoxy groups -OCH3 is 2. The molecule has 4 atom stereocenters. The first kappa shape index (κ1) is 47.6. The Morgan fingerprint density at radius 3 is 1.93 bits per heavy atom. The minimum atomic E-state index is -0.596. The Bertz CT molecular complexity index is 2800. The van der Waals surface area contributed by atoms with E-state index in [0.717, 1.165) is 37.2 Å². The molecule has 0 saturated carbocycles. The fourth-order valence-corrected chi connectivity index (χ4v) is 9.74. The van der Waals surface area contributed by atoms with Crippen LogP contribution in [0.2, 0.25) is 5.02 Å². The van der Waals surface area contributed by atoms with E-state index in [1.807, 2.05) is 21.3 Å². The molecule has 1 unspecified atom stereocenters. The highest BCUT2D eigenvalue weighted by Crippen LogP contribution is 2.32. The predicted molar refractivity (Wildman–Crippen MR) is 246 cm³/mol. The Balaban J connectivity index is 0.000000219. The number of rotatable bonds is 13. The molecule has 4 aliphatic heterocycles. The molecular weight excluding hydrogens is 930 g/mol. The number of imidazole rings is 2. The lowest BCUT2D eigenvalue weighted by Gasteiger charge is -2.44. The fourth-order valence-electron chi connectivity index (χ4n) is 9.37. The van der Waals surface area contributed by atoms with E-state index in [4.69, 9.17) is 56.9 Å². The highest BCUT2D eigenvalue weighted by molar-refractivity contribution is 6.30. The maximum atomic E-state index is 15.3. The van der Waals surface area contributed by atoms with Crippen LogP contribution in [0.5, 0.6) is 5.88 Å². The van der Waals surface area contributed by atoms with Crippen LogP contribution >= 0.6 is 23.2 Å². The van der Waals surface area contributed by atoms with E-state index in [-0.39, 0.29) is 52.6 Å². The molecule has 7 heterocycles. The van der Waals surface area contributed by atoms with Gasteiger partial charge in [0.2, 0.25) is 5.88 Å². The van der Waals surface area contributed by atoms with Crippen molar-refractivity contribution in [3.05, 3.63) is 111 Å². The van der Waals surface area contributed by atoms with Crippen LogP contribution in [-0.4, -0.2) is 120 Å². The van der Waals surface area contributed by atoms with Crippen molar-refractivity contribution in [2.75, 3.05) is 71.9 Å². The lowest BCUT2D eigenvalue weighted by atomic mass is 10.0. The number of halogens is 5. The first-order valence-corrected chi connectivity index (χ1v) is 23.3. The Labute approximate surface area is 399 Å². The zero-order valence-corrected chi connectivity index (χ0v) is 39.0. The minimum absolute atomic E-state index is 0.0222. The number of anilines is 1. The highest BCUT2D eigenvalue weighted by atomic mass is 35.5. The summed E-state index contributed by atoms with van der Waals surface area (Å²) in [4.78, 5) is 42.3. The molecule has 360 valence electrons. The summed E-state index contributed by atoms with van der Waals surface area (Å²) in [5.74, 6) is 0.521. The zero-order valence-electron chi connectivity index (χ0n) is 37.5. The molecule has 6 aromatic rings. The van der Waals surface area contributed by atoms with Crippen LogP contribution in [0.4, 0.5) is 19.0 Å². The van der Waals surface area contributed by atoms with Crippen molar-refractivity contribution in [1.82, 2.24) is 29.0 Å². The van der Waals surface area contributed by atoms with Crippen molar-refractivity contribution in [3.63, 3.8) is 0 Å². The Morgan fingerprint density at radius 1 is 0.721 bits per heavy atom. The van der Waals surface area contributed by atoms with Gasteiger partial charge in [0, 0.05) is 67.9 Å². The molecule has 0 amide bonds. The van der Waals surface area contributed by atoms with E-state index < -0.39 is 29.4 Å². The van der Waals surface area contributed by atoms with E-state index >= 15 is 4.39 Å². The predicted octanol–water partition coefficient (Wildman–Crippen LogP) is 7.59. The lowest BCUT2D eigenvalue weighted by Crippen LogP contribution is -2.59. The summed E-state index contributed by atoms with van der Waals surface area (Å²) >= 11 is 11.8. The Kier molecular flexibility index (Phi) is 14.7. The van der Waals surface area contributed by atoms with Gasteiger partial charge in [-0.2, -0.15) is 4.98 Å². The van der Waals surface area contributed by atoms with Gasteiger partial charge in [0.15, 0.2) is 11.6 Å². The number of pyridine rings is 1. The highest BCUT2D eigenvalue weighted by Gasteiger charge is 2.42. The summed E-state index contributed by atoms with van der Waals surface area (Å²) in [6.45, 7) is 6.89. The van der Waals surface area contributed by atoms with Crippen LogP contribution in [-0.2, 0) is 55.8 Å². The van der Waals surface area contributed by atoms with Gasteiger partial charge in [-0.25, -0.2) is 32.7 Å². The molecule has 10 rings (SSSR count). The molecule has 4 saturated heterocycles. The number of esters is 2. The second-order valence-electron chi connectivity index (χ2n) is 17.2. The first-order chi connectivity index (χ1) is 33.0. The third-order valence-corrected chi connectivity index (χ3v) is 13.4. The molecule has 3 aromatic heterocycles. The molecule has 4 aliphatic rings. The maximum Gasteiger partial charge on any atom is 0.338 e. The van der Waals surface area contributed by atoms with Crippen LogP contribution in [0.25, 0.3) is 22.1 Å². The van der Waals surface area contributed by atoms with Crippen molar-refractivity contribution in [1.29, 1.82) is 0 Å². The van der Waals surface area contributed by atoms with Crippen LogP contribution < -0.4 is 9.64 Å². The van der Waals surface area contributed by atoms with Gasteiger partial charge in [-0.05, 0) is 55.3 Å². The molecular formula is C48H50Cl2F3N7O8. The van der Waals surface area contributed by atoms with E-state index in [9.17, 15) is 18.4 Å². The smallest absolute Gasteiger partial charge is 0.338 e. The summed E-state index contributed by atoms with van der Waals surface area (Å²) in [6.07, 6.45) is 1.85. The molecule has 0 spiro atoms. The van der Waals surface area contributed by atoms with E-state index in [0.29, 0.717) is 105 Å². The number of benzene rings is 3. The topological polar surface area (TPSA) is 145 Å². The minimum Gasteiger partial charge on any atom is -0.473 e. The lowest BCUT2D eigenvalue weighted by molar-refractivity contribution is 0.0591. The summed E-state index contributed by atoms with van der Waals surface area (Å²) in [5.41, 5.74) is 2.29. The quantitative estimate of drug-likeness (QED) is 0.0829. The van der Waals surface area contributed by atoms with Crippen molar-refractivity contribution < 1.29 is 51.2 Å². The molecule has 15 nitrogen and oxygen atoms in total.